The fourth-order valence-corrected chi connectivity index (χ4v) is 7.85. The lowest BCUT2D eigenvalue weighted by atomic mass is 9.74. The average Bonchev–Trinajstić information content (AvgIpc) is 3.49. The summed E-state index contributed by atoms with van der Waals surface area (Å²) >= 11 is 5.62. The first-order chi connectivity index (χ1) is 19.1. The molecule has 2 N–H and O–H groups in total. The van der Waals surface area contributed by atoms with Crippen LogP contribution in [-0.4, -0.2) is 74.6 Å². The molecule has 5 aliphatic heterocycles. The highest BCUT2D eigenvalue weighted by Crippen LogP contribution is 2.39. The smallest absolute Gasteiger partial charge is 0.250 e. The number of pyridine rings is 1. The highest BCUT2D eigenvalue weighted by atomic mass is 32.1. The Morgan fingerprint density at radius 3 is 2.72 bits per heavy atom. The Hall–Kier alpha value is -3.01. The van der Waals surface area contributed by atoms with Crippen molar-refractivity contribution in [3.8, 4) is 5.69 Å². The van der Waals surface area contributed by atoms with Gasteiger partial charge in [0.1, 0.15) is 0 Å². The molecule has 9 heteroatoms. The third kappa shape index (κ3) is 5.15. The van der Waals surface area contributed by atoms with Gasteiger partial charge < -0.3 is 20.1 Å². The second-order valence-corrected chi connectivity index (χ2v) is 12.4. The molecule has 7 heterocycles. The minimum Gasteiger partial charge on any atom is -0.361 e. The second-order valence-electron chi connectivity index (χ2n) is 11.9. The molecule has 1 unspecified atom stereocenters. The maximum absolute atomic E-state index is 12.4. The first-order valence-electron chi connectivity index (χ1n) is 14.4. The molecule has 8 nitrogen and oxygen atoms in total. The molecule has 39 heavy (non-hydrogen) atoms. The Labute approximate surface area is 235 Å². The van der Waals surface area contributed by atoms with E-state index in [0.717, 1.165) is 49.4 Å². The van der Waals surface area contributed by atoms with Crippen molar-refractivity contribution < 1.29 is 0 Å². The number of aromatic nitrogens is 3. The second kappa shape index (κ2) is 10.5. The molecule has 3 aromatic rings. The Bertz CT molecular complexity index is 1370. The van der Waals surface area contributed by atoms with Crippen LogP contribution in [-0.2, 0) is 6.54 Å². The van der Waals surface area contributed by atoms with Crippen LogP contribution in [0, 0.1) is 17.8 Å². The standard InChI is InChI=1S/C30H37N7OS/c38-29-4-1-3-28-23-13-21(17-36(28)29)16-34(18-23)19-24-20-35-12-9-22(24)14-27(35)15-31-30(39)33-25-5-7-26(8-6-25)37-11-2-10-32-37/h1-8,10-11,21-24,27H,9,12-20H2,(H2,31,33,39)/t21-,22-,23+,24-,27+/m0/s1. The van der Waals surface area contributed by atoms with E-state index in [2.05, 4.69) is 31.6 Å². The van der Waals surface area contributed by atoms with Crippen molar-refractivity contribution in [3.05, 3.63) is 77.0 Å². The van der Waals surface area contributed by atoms with Crippen molar-refractivity contribution in [2.75, 3.05) is 44.6 Å². The van der Waals surface area contributed by atoms with Crippen LogP contribution in [0.5, 0.6) is 0 Å². The fourth-order valence-electron chi connectivity index (χ4n) is 7.65. The van der Waals surface area contributed by atoms with Crippen molar-refractivity contribution in [2.24, 2.45) is 17.8 Å². The van der Waals surface area contributed by atoms with Crippen molar-refractivity contribution in [3.63, 3.8) is 0 Å². The number of benzene rings is 1. The van der Waals surface area contributed by atoms with E-state index in [1.165, 1.54) is 44.6 Å². The van der Waals surface area contributed by atoms with Gasteiger partial charge in [0.05, 0.1) is 5.69 Å². The lowest BCUT2D eigenvalue weighted by Gasteiger charge is -2.52. The molecule has 1 aromatic carbocycles. The van der Waals surface area contributed by atoms with Gasteiger partial charge in [0.25, 0.3) is 5.56 Å². The number of hydrogen-bond donors (Lipinski definition) is 2. The van der Waals surface area contributed by atoms with Gasteiger partial charge in [-0.05, 0) is 92.2 Å². The van der Waals surface area contributed by atoms with Gasteiger partial charge in [0.15, 0.2) is 5.11 Å². The van der Waals surface area contributed by atoms with Crippen LogP contribution in [0.15, 0.2) is 65.7 Å². The first-order valence-corrected chi connectivity index (χ1v) is 14.8. The molecule has 0 saturated carbocycles. The molecule has 8 rings (SSSR count). The van der Waals surface area contributed by atoms with E-state index in [1.54, 1.807) is 12.3 Å². The lowest BCUT2D eigenvalue weighted by molar-refractivity contribution is -0.0189. The van der Waals surface area contributed by atoms with Gasteiger partial charge in [-0.1, -0.05) is 6.07 Å². The van der Waals surface area contributed by atoms with E-state index >= 15 is 0 Å². The molecule has 4 saturated heterocycles. The predicted molar refractivity (Wildman–Crippen MR) is 157 cm³/mol. The molecule has 0 amide bonds. The quantitative estimate of drug-likeness (QED) is 0.463. The van der Waals surface area contributed by atoms with Crippen molar-refractivity contribution in [1.29, 1.82) is 0 Å². The molecule has 6 atom stereocenters. The monoisotopic (exact) mass is 543 g/mol. The van der Waals surface area contributed by atoms with Crippen LogP contribution >= 0.6 is 12.2 Å². The molecular weight excluding hydrogens is 506 g/mol. The maximum atomic E-state index is 12.4. The third-order valence-electron chi connectivity index (χ3n) is 9.45. The number of rotatable bonds is 6. The van der Waals surface area contributed by atoms with E-state index in [-0.39, 0.29) is 5.56 Å². The first kappa shape index (κ1) is 25.0. The zero-order chi connectivity index (χ0) is 26.3. The fraction of sp³-hybridized carbons (Fsp3) is 0.500. The van der Waals surface area contributed by atoms with Gasteiger partial charge in [0, 0.05) is 81.1 Å². The molecule has 4 fully saturated rings. The van der Waals surface area contributed by atoms with Crippen molar-refractivity contribution in [1.82, 2.24) is 29.5 Å². The van der Waals surface area contributed by atoms with Crippen LogP contribution in [0.2, 0.25) is 0 Å². The normalized spacial score (nSPS) is 29.5. The van der Waals surface area contributed by atoms with E-state index in [0.29, 0.717) is 23.0 Å². The number of fused-ring (bicyclic) bond motifs is 7. The number of piperidine rings is 4. The zero-order valence-corrected chi connectivity index (χ0v) is 23.1. The van der Waals surface area contributed by atoms with Gasteiger partial charge in [-0.3, -0.25) is 9.69 Å². The largest absolute Gasteiger partial charge is 0.361 e. The average molecular weight is 544 g/mol. The summed E-state index contributed by atoms with van der Waals surface area (Å²) in [6.07, 6.45) is 7.51. The van der Waals surface area contributed by atoms with E-state index in [1.807, 2.05) is 51.8 Å². The minimum absolute atomic E-state index is 0.172. The number of likely N-dealkylation sites (tertiary alicyclic amines) is 1. The van der Waals surface area contributed by atoms with E-state index < -0.39 is 0 Å². The third-order valence-corrected chi connectivity index (χ3v) is 9.70. The van der Waals surface area contributed by atoms with Gasteiger partial charge in [-0.15, -0.1) is 0 Å². The number of nitrogens with one attached hydrogen (secondary N) is 2. The van der Waals surface area contributed by atoms with Crippen LogP contribution in [0.3, 0.4) is 0 Å². The SMILES string of the molecule is O=c1cccc2n1C[C@H]1C[C@@H]2CN(C[C@H]2CN3CC[C@H]2C[C@@H]3CNC(=S)Nc2ccc(-n3cccn3)cc2)C1. The molecular formula is C30H37N7OS. The summed E-state index contributed by atoms with van der Waals surface area (Å²) in [5.41, 5.74) is 3.43. The summed E-state index contributed by atoms with van der Waals surface area (Å²) in [6, 6.07) is 16.4. The van der Waals surface area contributed by atoms with Crippen molar-refractivity contribution in [2.45, 2.75) is 37.8 Å². The molecule has 204 valence electrons. The van der Waals surface area contributed by atoms with Crippen LogP contribution in [0.25, 0.3) is 5.69 Å². The van der Waals surface area contributed by atoms with E-state index in [4.69, 9.17) is 12.2 Å². The van der Waals surface area contributed by atoms with Crippen molar-refractivity contribution >= 4 is 23.0 Å². The minimum atomic E-state index is 0.172. The zero-order valence-electron chi connectivity index (χ0n) is 22.3. The van der Waals surface area contributed by atoms with Crippen LogP contribution in [0.4, 0.5) is 5.69 Å². The topological polar surface area (TPSA) is 70.4 Å². The molecule has 5 aliphatic rings. The molecule has 2 aromatic heterocycles. The number of nitrogens with zero attached hydrogens (tertiary/aromatic N) is 5. The van der Waals surface area contributed by atoms with Gasteiger partial charge >= 0.3 is 0 Å². The molecule has 0 radical (unpaired) electrons. The number of anilines is 1. The predicted octanol–water partition coefficient (Wildman–Crippen LogP) is 3.15. The highest BCUT2D eigenvalue weighted by molar-refractivity contribution is 7.80. The van der Waals surface area contributed by atoms with Gasteiger partial charge in [0.2, 0.25) is 0 Å². The van der Waals surface area contributed by atoms with Gasteiger partial charge in [-0.25, -0.2) is 4.68 Å². The number of thiocarbonyl (C=S) groups is 1. The summed E-state index contributed by atoms with van der Waals surface area (Å²) in [6.45, 7) is 7.58. The Morgan fingerprint density at radius 1 is 1.03 bits per heavy atom. The Balaban J connectivity index is 0.903. The summed E-state index contributed by atoms with van der Waals surface area (Å²) in [5.74, 6) is 2.63. The van der Waals surface area contributed by atoms with Gasteiger partial charge in [-0.2, -0.15) is 5.10 Å². The molecule has 4 bridgehead atoms. The Morgan fingerprint density at radius 2 is 1.92 bits per heavy atom. The summed E-state index contributed by atoms with van der Waals surface area (Å²) < 4.78 is 3.89. The Kier molecular flexibility index (Phi) is 6.74. The lowest BCUT2D eigenvalue weighted by Crippen LogP contribution is -2.59. The highest BCUT2D eigenvalue weighted by Gasteiger charge is 2.42. The summed E-state index contributed by atoms with van der Waals surface area (Å²) in [7, 11) is 0. The summed E-state index contributed by atoms with van der Waals surface area (Å²) in [4.78, 5) is 17.8. The van der Waals surface area contributed by atoms with E-state index in [9.17, 15) is 4.79 Å². The van der Waals surface area contributed by atoms with Crippen LogP contribution < -0.4 is 16.2 Å². The summed E-state index contributed by atoms with van der Waals surface area (Å²) in [5, 5.41) is 11.8. The van der Waals surface area contributed by atoms with Crippen LogP contribution in [0.1, 0.15) is 30.9 Å². The maximum Gasteiger partial charge on any atom is 0.250 e. The number of hydrogen-bond acceptors (Lipinski definition) is 5. The molecule has 0 spiro atoms. The molecule has 0 aliphatic carbocycles.